The molecule has 1 amide bonds. The fraction of sp³-hybridized carbons (Fsp3) is 0.350. The Bertz CT molecular complexity index is 769. The number of hydrogen-bond donors (Lipinski definition) is 3. The fourth-order valence-electron chi connectivity index (χ4n) is 3.11. The van der Waals surface area contributed by atoms with Crippen molar-refractivity contribution in [3.63, 3.8) is 0 Å². The molecule has 2 aromatic carbocycles. The third-order valence-corrected chi connectivity index (χ3v) is 4.97. The molecule has 0 spiro atoms. The first-order valence-corrected chi connectivity index (χ1v) is 9.17. The van der Waals surface area contributed by atoms with E-state index in [1.54, 1.807) is 13.2 Å². The fourth-order valence-corrected chi connectivity index (χ4v) is 3.31. The third kappa shape index (κ3) is 5.13. The van der Waals surface area contributed by atoms with Gasteiger partial charge >= 0.3 is 6.09 Å². The number of aliphatic hydroxyl groups excluding tert-OH is 1. The van der Waals surface area contributed by atoms with Crippen molar-refractivity contribution in [3.05, 3.63) is 64.7 Å². The van der Waals surface area contributed by atoms with E-state index < -0.39 is 18.3 Å². The molecule has 0 aromatic heterocycles. The number of hydrogen-bond acceptors (Lipinski definition) is 5. The second-order valence-electron chi connectivity index (χ2n) is 6.45. The summed E-state index contributed by atoms with van der Waals surface area (Å²) in [5.41, 5.74) is 1.86. The molecule has 3 rings (SSSR count). The Hall–Kier alpha value is -2.28. The second kappa shape index (κ2) is 9.08. The third-order valence-electron chi connectivity index (χ3n) is 4.60. The lowest BCUT2D eigenvalue weighted by Gasteiger charge is -2.22. The van der Waals surface area contributed by atoms with Crippen LogP contribution < -0.4 is 15.4 Å². The number of methoxy groups -OCH3 is 1. The molecule has 7 heteroatoms. The van der Waals surface area contributed by atoms with Gasteiger partial charge in [0, 0.05) is 18.1 Å². The van der Waals surface area contributed by atoms with Crippen LogP contribution in [0, 0.1) is 0 Å². The topological polar surface area (TPSA) is 79.8 Å². The Kier molecular flexibility index (Phi) is 6.55. The number of nitrogens with one attached hydrogen (secondary N) is 2. The largest absolute Gasteiger partial charge is 0.497 e. The van der Waals surface area contributed by atoms with Crippen LogP contribution >= 0.6 is 11.6 Å². The molecule has 1 aliphatic rings. The zero-order valence-corrected chi connectivity index (χ0v) is 15.8. The Morgan fingerprint density at radius 2 is 2.00 bits per heavy atom. The van der Waals surface area contributed by atoms with Crippen LogP contribution in [-0.2, 0) is 17.7 Å². The van der Waals surface area contributed by atoms with E-state index in [-0.39, 0.29) is 12.6 Å². The number of benzene rings is 2. The van der Waals surface area contributed by atoms with Gasteiger partial charge in [0.1, 0.15) is 18.0 Å². The molecule has 3 atom stereocenters. The highest BCUT2D eigenvalue weighted by Crippen LogP contribution is 2.20. The Morgan fingerprint density at radius 1 is 1.26 bits per heavy atom. The van der Waals surface area contributed by atoms with Gasteiger partial charge in [0.15, 0.2) is 0 Å². The van der Waals surface area contributed by atoms with Crippen LogP contribution in [0.3, 0.4) is 0 Å². The lowest BCUT2D eigenvalue weighted by atomic mass is 10.0. The molecule has 1 heterocycles. The van der Waals surface area contributed by atoms with Crippen LogP contribution in [0.4, 0.5) is 4.79 Å². The van der Waals surface area contributed by atoms with Gasteiger partial charge in [0.05, 0.1) is 13.2 Å². The molecule has 2 aromatic rings. The number of halogens is 1. The van der Waals surface area contributed by atoms with Gasteiger partial charge < -0.3 is 25.2 Å². The zero-order valence-electron chi connectivity index (χ0n) is 15.0. The van der Waals surface area contributed by atoms with Crippen molar-refractivity contribution in [1.82, 2.24) is 10.6 Å². The number of ether oxygens (including phenoxy) is 2. The van der Waals surface area contributed by atoms with E-state index in [2.05, 4.69) is 10.6 Å². The van der Waals surface area contributed by atoms with Crippen molar-refractivity contribution in [1.29, 1.82) is 0 Å². The molecule has 144 valence electrons. The number of aliphatic hydroxyl groups is 1. The Balaban J connectivity index is 1.56. The van der Waals surface area contributed by atoms with Gasteiger partial charge in [-0.25, -0.2) is 4.79 Å². The quantitative estimate of drug-likeness (QED) is 0.706. The Morgan fingerprint density at radius 3 is 2.70 bits per heavy atom. The summed E-state index contributed by atoms with van der Waals surface area (Å²) in [6.45, 7) is 0.640. The summed E-state index contributed by atoms with van der Waals surface area (Å²) in [5, 5.41) is 16.7. The van der Waals surface area contributed by atoms with Crippen LogP contribution in [0.15, 0.2) is 48.5 Å². The van der Waals surface area contributed by atoms with Gasteiger partial charge in [-0.3, -0.25) is 0 Å². The maximum Gasteiger partial charge on any atom is 0.407 e. The first kappa shape index (κ1) is 19.5. The standard InChI is InChI=1S/C20H23ClN2O4/c1-26-15-8-6-13(7-9-15)10-17-19(18(24)12-22-17)27-20(25)23-11-14-4-2-3-5-16(14)21/h2-9,17-19,22,24H,10-12H2,1H3,(H,23,25)/t17-,18+,19+/m1/s1. The van der Waals surface area contributed by atoms with Crippen molar-refractivity contribution in [2.45, 2.75) is 31.2 Å². The molecule has 3 N–H and O–H groups in total. The minimum absolute atomic E-state index is 0.167. The summed E-state index contributed by atoms with van der Waals surface area (Å²) in [5.74, 6) is 0.782. The molecular formula is C20H23ClN2O4. The van der Waals surface area contributed by atoms with Crippen molar-refractivity contribution in [3.8, 4) is 5.75 Å². The summed E-state index contributed by atoms with van der Waals surface area (Å²) in [7, 11) is 1.62. The lowest BCUT2D eigenvalue weighted by Crippen LogP contribution is -2.41. The molecule has 6 nitrogen and oxygen atoms in total. The maximum absolute atomic E-state index is 12.2. The summed E-state index contributed by atoms with van der Waals surface area (Å²) < 4.78 is 10.6. The second-order valence-corrected chi connectivity index (χ2v) is 6.86. The van der Waals surface area contributed by atoms with Gasteiger partial charge in [-0.05, 0) is 35.7 Å². The van der Waals surface area contributed by atoms with Crippen molar-refractivity contribution < 1.29 is 19.4 Å². The van der Waals surface area contributed by atoms with Crippen molar-refractivity contribution >= 4 is 17.7 Å². The van der Waals surface area contributed by atoms with Crippen LogP contribution in [0.5, 0.6) is 5.75 Å². The number of carbonyl (C=O) groups is 1. The monoisotopic (exact) mass is 390 g/mol. The van der Waals surface area contributed by atoms with Gasteiger partial charge in [-0.15, -0.1) is 0 Å². The van der Waals surface area contributed by atoms with Gasteiger partial charge in [0.2, 0.25) is 0 Å². The molecule has 1 fully saturated rings. The summed E-state index contributed by atoms with van der Waals surface area (Å²) in [4.78, 5) is 12.2. The number of alkyl carbamates (subject to hydrolysis) is 1. The SMILES string of the molecule is COc1ccc(C[C@H]2NC[C@H](O)[C@H]2OC(=O)NCc2ccccc2Cl)cc1. The van der Waals surface area contributed by atoms with E-state index in [1.807, 2.05) is 42.5 Å². The van der Waals surface area contributed by atoms with E-state index in [0.29, 0.717) is 18.0 Å². The highest BCUT2D eigenvalue weighted by Gasteiger charge is 2.37. The van der Waals surface area contributed by atoms with E-state index in [1.165, 1.54) is 0 Å². The van der Waals surface area contributed by atoms with Crippen LogP contribution in [-0.4, -0.2) is 43.1 Å². The number of β-amino-alcohol motifs (C(OH)–C–C–N with tert-alkyl or cyclic N) is 1. The maximum atomic E-state index is 12.2. The molecular weight excluding hydrogens is 368 g/mol. The first-order valence-electron chi connectivity index (χ1n) is 8.79. The van der Waals surface area contributed by atoms with E-state index in [9.17, 15) is 9.90 Å². The minimum Gasteiger partial charge on any atom is -0.497 e. The molecule has 0 saturated carbocycles. The molecule has 27 heavy (non-hydrogen) atoms. The summed E-state index contributed by atoms with van der Waals surface area (Å²) in [6, 6.07) is 14.8. The minimum atomic E-state index is -0.751. The average Bonchev–Trinajstić information content (AvgIpc) is 3.01. The summed E-state index contributed by atoms with van der Waals surface area (Å²) >= 11 is 6.09. The zero-order chi connectivity index (χ0) is 19.2. The highest BCUT2D eigenvalue weighted by atomic mass is 35.5. The average molecular weight is 391 g/mol. The summed E-state index contributed by atoms with van der Waals surface area (Å²) in [6.07, 6.45) is -1.33. The molecule has 0 radical (unpaired) electrons. The Labute approximate surface area is 163 Å². The number of rotatable bonds is 6. The van der Waals surface area contributed by atoms with Crippen LogP contribution in [0.2, 0.25) is 5.02 Å². The predicted octanol–water partition coefficient (Wildman–Crippen LogP) is 2.52. The molecule has 0 bridgehead atoms. The smallest absolute Gasteiger partial charge is 0.407 e. The van der Waals surface area contributed by atoms with E-state index in [0.717, 1.165) is 16.9 Å². The number of amides is 1. The normalized spacial score (nSPS) is 21.7. The first-order chi connectivity index (χ1) is 13.1. The van der Waals surface area contributed by atoms with E-state index >= 15 is 0 Å². The molecule has 1 aliphatic heterocycles. The van der Waals surface area contributed by atoms with E-state index in [4.69, 9.17) is 21.1 Å². The van der Waals surface area contributed by atoms with Gasteiger partial charge in [0.25, 0.3) is 0 Å². The number of carbonyl (C=O) groups excluding carboxylic acids is 1. The molecule has 0 unspecified atom stereocenters. The van der Waals surface area contributed by atoms with Crippen molar-refractivity contribution in [2.75, 3.05) is 13.7 Å². The van der Waals surface area contributed by atoms with Crippen LogP contribution in [0.1, 0.15) is 11.1 Å². The highest BCUT2D eigenvalue weighted by molar-refractivity contribution is 6.31. The van der Waals surface area contributed by atoms with Crippen LogP contribution in [0.25, 0.3) is 0 Å². The van der Waals surface area contributed by atoms with Gasteiger partial charge in [-0.2, -0.15) is 0 Å². The van der Waals surface area contributed by atoms with Crippen molar-refractivity contribution in [2.24, 2.45) is 0 Å². The molecule has 1 saturated heterocycles. The van der Waals surface area contributed by atoms with Gasteiger partial charge in [-0.1, -0.05) is 41.9 Å². The lowest BCUT2D eigenvalue weighted by molar-refractivity contribution is 0.0188. The predicted molar refractivity (Wildman–Crippen MR) is 103 cm³/mol. The molecule has 0 aliphatic carbocycles.